The first kappa shape index (κ1) is 18.4. The summed E-state index contributed by atoms with van der Waals surface area (Å²) in [5.41, 5.74) is 1.07. The van der Waals surface area contributed by atoms with Crippen molar-refractivity contribution in [2.75, 3.05) is 14.2 Å². The Kier molecular flexibility index (Phi) is 5.28. The molecule has 0 aliphatic heterocycles. The number of benzene rings is 2. The van der Waals surface area contributed by atoms with E-state index in [1.165, 1.54) is 14.2 Å². The van der Waals surface area contributed by atoms with Crippen LogP contribution in [0.5, 0.6) is 0 Å². The lowest BCUT2D eigenvalue weighted by Crippen LogP contribution is -2.48. The van der Waals surface area contributed by atoms with Crippen LogP contribution >= 0.6 is 15.9 Å². The van der Waals surface area contributed by atoms with E-state index in [-0.39, 0.29) is 0 Å². The molecule has 0 aromatic heterocycles. The molecular weight excluding hydrogens is 396 g/mol. The van der Waals surface area contributed by atoms with Crippen molar-refractivity contribution in [3.63, 3.8) is 0 Å². The maximum absolute atomic E-state index is 12.8. The summed E-state index contributed by atoms with van der Waals surface area (Å²) >= 11 is 3.46. The van der Waals surface area contributed by atoms with E-state index in [4.69, 9.17) is 9.47 Å². The Balaban J connectivity index is 2.14. The number of carbonyl (C=O) groups excluding carboxylic acids is 2. The summed E-state index contributed by atoms with van der Waals surface area (Å²) < 4.78 is 11.0. The third-order valence-electron chi connectivity index (χ3n) is 4.82. The highest BCUT2D eigenvalue weighted by Gasteiger charge is 2.59. The minimum absolute atomic E-state index is 0.396. The summed E-state index contributed by atoms with van der Waals surface area (Å²) in [6, 6.07) is 15.3. The Morgan fingerprint density at radius 3 is 2.35 bits per heavy atom. The Bertz CT molecular complexity index is 842. The van der Waals surface area contributed by atoms with Gasteiger partial charge in [0.1, 0.15) is 0 Å². The fraction of sp³-hybridized carbons (Fsp3) is 0.238. The molecule has 0 unspecified atom stereocenters. The predicted octanol–water partition coefficient (Wildman–Crippen LogP) is 3.92. The zero-order chi connectivity index (χ0) is 18.7. The van der Waals surface area contributed by atoms with Gasteiger partial charge >= 0.3 is 11.9 Å². The van der Waals surface area contributed by atoms with Crippen LogP contribution in [0.25, 0.3) is 6.08 Å². The first-order valence-electron chi connectivity index (χ1n) is 8.23. The number of methoxy groups -OCH3 is 2. The van der Waals surface area contributed by atoms with E-state index in [0.717, 1.165) is 15.6 Å². The Labute approximate surface area is 160 Å². The van der Waals surface area contributed by atoms with Gasteiger partial charge in [-0.05, 0) is 35.2 Å². The lowest BCUT2D eigenvalue weighted by atomic mass is 9.74. The SMILES string of the molecule is COC(=O)C1(C(=O)OC)c2ccc(Br)cc2C[C@H]1/C=C/c1ccccc1. The molecule has 3 rings (SSSR count). The summed E-state index contributed by atoms with van der Waals surface area (Å²) in [6.45, 7) is 0. The van der Waals surface area contributed by atoms with Gasteiger partial charge in [-0.1, -0.05) is 64.5 Å². The molecule has 0 bridgehead atoms. The standard InChI is InChI=1S/C21H19BrO4/c1-25-19(23)21(20(24)26-2)16(9-8-14-6-4-3-5-7-14)12-15-13-17(22)10-11-18(15)21/h3-11,13,16H,12H2,1-2H3/b9-8+/t16-/m1/s1. The summed E-state index contributed by atoms with van der Waals surface area (Å²) in [5, 5.41) is 0. The largest absolute Gasteiger partial charge is 0.468 e. The van der Waals surface area contributed by atoms with Crippen molar-refractivity contribution in [1.82, 2.24) is 0 Å². The molecule has 26 heavy (non-hydrogen) atoms. The minimum Gasteiger partial charge on any atom is -0.468 e. The van der Waals surface area contributed by atoms with Crippen LogP contribution in [-0.2, 0) is 30.9 Å². The van der Waals surface area contributed by atoms with Crippen molar-refractivity contribution >= 4 is 33.9 Å². The Morgan fingerprint density at radius 2 is 1.73 bits per heavy atom. The van der Waals surface area contributed by atoms with Crippen LogP contribution in [0.4, 0.5) is 0 Å². The summed E-state index contributed by atoms with van der Waals surface area (Å²) in [5.74, 6) is -1.60. The second-order valence-electron chi connectivity index (χ2n) is 6.17. The average Bonchev–Trinajstić information content (AvgIpc) is 2.99. The first-order chi connectivity index (χ1) is 12.5. The van der Waals surface area contributed by atoms with Crippen molar-refractivity contribution in [1.29, 1.82) is 0 Å². The van der Waals surface area contributed by atoms with E-state index < -0.39 is 23.3 Å². The Hall–Kier alpha value is -2.40. The van der Waals surface area contributed by atoms with E-state index in [0.29, 0.717) is 12.0 Å². The van der Waals surface area contributed by atoms with Crippen molar-refractivity contribution in [3.8, 4) is 0 Å². The van der Waals surface area contributed by atoms with Gasteiger partial charge in [0.05, 0.1) is 14.2 Å². The molecule has 0 fully saturated rings. The molecule has 1 atom stereocenters. The fourth-order valence-corrected chi connectivity index (χ4v) is 4.05. The lowest BCUT2D eigenvalue weighted by molar-refractivity contribution is -0.163. The zero-order valence-corrected chi connectivity index (χ0v) is 16.2. The number of hydrogen-bond acceptors (Lipinski definition) is 4. The number of carbonyl (C=O) groups is 2. The van der Waals surface area contributed by atoms with Gasteiger partial charge in [0, 0.05) is 10.4 Å². The number of allylic oxidation sites excluding steroid dienone is 1. The maximum atomic E-state index is 12.8. The van der Waals surface area contributed by atoms with Crippen LogP contribution in [-0.4, -0.2) is 26.2 Å². The van der Waals surface area contributed by atoms with Gasteiger partial charge in [0.15, 0.2) is 5.41 Å². The number of fused-ring (bicyclic) bond motifs is 1. The number of rotatable bonds is 4. The molecule has 134 valence electrons. The van der Waals surface area contributed by atoms with Gasteiger partial charge in [0.2, 0.25) is 0 Å². The maximum Gasteiger partial charge on any atom is 0.328 e. The molecule has 0 amide bonds. The molecule has 2 aromatic carbocycles. The van der Waals surface area contributed by atoms with Crippen LogP contribution in [0.1, 0.15) is 16.7 Å². The molecule has 0 saturated heterocycles. The van der Waals surface area contributed by atoms with Gasteiger partial charge in [-0.15, -0.1) is 0 Å². The molecule has 4 nitrogen and oxygen atoms in total. The number of ether oxygens (including phenoxy) is 2. The zero-order valence-electron chi connectivity index (χ0n) is 14.6. The molecule has 1 aliphatic rings. The number of halogens is 1. The topological polar surface area (TPSA) is 52.6 Å². The third-order valence-corrected chi connectivity index (χ3v) is 5.32. The van der Waals surface area contributed by atoms with E-state index in [1.807, 2.05) is 54.6 Å². The van der Waals surface area contributed by atoms with E-state index in [1.54, 1.807) is 6.07 Å². The normalized spacial score (nSPS) is 17.7. The minimum atomic E-state index is -1.50. The van der Waals surface area contributed by atoms with Crippen molar-refractivity contribution < 1.29 is 19.1 Å². The molecule has 0 radical (unpaired) electrons. The van der Waals surface area contributed by atoms with Crippen LogP contribution in [0.3, 0.4) is 0 Å². The highest BCUT2D eigenvalue weighted by Crippen LogP contribution is 2.47. The van der Waals surface area contributed by atoms with E-state index in [9.17, 15) is 9.59 Å². The molecular formula is C21H19BrO4. The van der Waals surface area contributed by atoms with Crippen molar-refractivity contribution in [2.24, 2.45) is 5.92 Å². The molecule has 0 N–H and O–H groups in total. The summed E-state index contributed by atoms with van der Waals surface area (Å²) in [4.78, 5) is 25.7. The molecule has 0 heterocycles. The second kappa shape index (κ2) is 7.46. The number of esters is 2. The van der Waals surface area contributed by atoms with E-state index in [2.05, 4.69) is 15.9 Å². The monoisotopic (exact) mass is 414 g/mol. The van der Waals surface area contributed by atoms with Crippen LogP contribution in [0.2, 0.25) is 0 Å². The quantitative estimate of drug-likeness (QED) is 0.561. The van der Waals surface area contributed by atoms with Crippen molar-refractivity contribution in [3.05, 3.63) is 75.8 Å². The van der Waals surface area contributed by atoms with Gasteiger partial charge in [-0.3, -0.25) is 9.59 Å². The van der Waals surface area contributed by atoms with Gasteiger partial charge < -0.3 is 9.47 Å². The van der Waals surface area contributed by atoms with Crippen molar-refractivity contribution in [2.45, 2.75) is 11.8 Å². The fourth-order valence-electron chi connectivity index (χ4n) is 3.64. The lowest BCUT2D eigenvalue weighted by Gasteiger charge is -2.29. The summed E-state index contributed by atoms with van der Waals surface area (Å²) in [6.07, 6.45) is 4.37. The van der Waals surface area contributed by atoms with Crippen LogP contribution < -0.4 is 0 Å². The van der Waals surface area contributed by atoms with Crippen LogP contribution in [0, 0.1) is 5.92 Å². The highest BCUT2D eigenvalue weighted by molar-refractivity contribution is 9.10. The molecule has 1 aliphatic carbocycles. The highest BCUT2D eigenvalue weighted by atomic mass is 79.9. The first-order valence-corrected chi connectivity index (χ1v) is 9.02. The Morgan fingerprint density at radius 1 is 1.08 bits per heavy atom. The van der Waals surface area contributed by atoms with Crippen LogP contribution in [0.15, 0.2) is 59.1 Å². The van der Waals surface area contributed by atoms with Gasteiger partial charge in [-0.2, -0.15) is 0 Å². The second-order valence-corrected chi connectivity index (χ2v) is 7.09. The smallest absolute Gasteiger partial charge is 0.328 e. The third kappa shape index (κ3) is 2.97. The predicted molar refractivity (Wildman–Crippen MR) is 103 cm³/mol. The number of hydrogen-bond donors (Lipinski definition) is 0. The average molecular weight is 415 g/mol. The molecule has 5 heteroatoms. The molecule has 0 spiro atoms. The van der Waals surface area contributed by atoms with Gasteiger partial charge in [0.25, 0.3) is 0 Å². The van der Waals surface area contributed by atoms with Gasteiger partial charge in [-0.25, -0.2) is 0 Å². The molecule has 2 aromatic rings. The molecule has 0 saturated carbocycles. The summed E-state index contributed by atoms with van der Waals surface area (Å²) in [7, 11) is 2.59. The van der Waals surface area contributed by atoms with E-state index >= 15 is 0 Å².